The van der Waals surface area contributed by atoms with Crippen LogP contribution in [0.4, 0.5) is 0 Å². The summed E-state index contributed by atoms with van der Waals surface area (Å²) >= 11 is 0. The number of nitrogens with one attached hydrogen (secondary N) is 1. The average Bonchev–Trinajstić information content (AvgIpc) is 3.13. The summed E-state index contributed by atoms with van der Waals surface area (Å²) in [6.07, 6.45) is 2.59. The van der Waals surface area contributed by atoms with E-state index in [0.29, 0.717) is 12.3 Å². The molecule has 5 heteroatoms. The van der Waals surface area contributed by atoms with Crippen LogP contribution in [0, 0.1) is 0 Å². The molecule has 0 aromatic heterocycles. The fourth-order valence-electron chi connectivity index (χ4n) is 3.07. The molecule has 1 aliphatic rings. The number of likely N-dealkylation sites (tertiary alicyclic amines) is 1. The molecule has 0 radical (unpaired) electrons. The first-order valence-electron chi connectivity index (χ1n) is 8.61. The topological polar surface area (TPSA) is 61.8 Å². The van der Waals surface area contributed by atoms with Gasteiger partial charge in [-0.25, -0.2) is 0 Å². The molecule has 0 atom stereocenters. The number of hydrogen-bond donors (Lipinski definition) is 2. The Balaban J connectivity index is 1.54. The number of hydrogen-bond acceptors (Lipinski definition) is 4. The molecule has 2 aromatic carbocycles. The second kappa shape index (κ2) is 8.03. The van der Waals surface area contributed by atoms with Gasteiger partial charge in [0.25, 0.3) is 5.91 Å². The lowest BCUT2D eigenvalue weighted by Gasteiger charge is -2.14. The zero-order valence-electron chi connectivity index (χ0n) is 14.5. The van der Waals surface area contributed by atoms with E-state index in [1.807, 2.05) is 12.1 Å². The van der Waals surface area contributed by atoms with Gasteiger partial charge in [0.1, 0.15) is 11.5 Å². The number of carbonyl (C=O) groups is 1. The molecular formula is C20H24N2O3. The van der Waals surface area contributed by atoms with E-state index >= 15 is 0 Å². The van der Waals surface area contributed by atoms with Gasteiger partial charge in [-0.15, -0.1) is 0 Å². The number of ether oxygens (including phenoxy) is 1. The average molecular weight is 340 g/mol. The number of nitrogens with zero attached hydrogens (tertiary/aromatic N) is 1. The van der Waals surface area contributed by atoms with Gasteiger partial charge in [-0.2, -0.15) is 0 Å². The minimum Gasteiger partial charge on any atom is -0.507 e. The van der Waals surface area contributed by atoms with Gasteiger partial charge in [-0.1, -0.05) is 24.3 Å². The number of methoxy groups -OCH3 is 1. The lowest BCUT2D eigenvalue weighted by molar-refractivity contribution is 0.0948. The van der Waals surface area contributed by atoms with Crippen molar-refractivity contribution >= 4 is 5.91 Å². The van der Waals surface area contributed by atoms with Crippen molar-refractivity contribution in [3.05, 3.63) is 59.2 Å². The second-order valence-electron chi connectivity index (χ2n) is 6.37. The van der Waals surface area contributed by atoms with Crippen LogP contribution in [-0.2, 0) is 13.1 Å². The maximum atomic E-state index is 12.2. The third kappa shape index (κ3) is 4.51. The van der Waals surface area contributed by atoms with Gasteiger partial charge in [-0.05, 0) is 49.2 Å². The third-order valence-electron chi connectivity index (χ3n) is 4.53. The fraction of sp³-hybridized carbons (Fsp3) is 0.350. The van der Waals surface area contributed by atoms with Gasteiger partial charge in [0.15, 0.2) is 0 Å². The molecule has 1 aliphatic heterocycles. The number of carbonyl (C=O) groups excluding carboxylic acids is 1. The van der Waals surface area contributed by atoms with Crippen LogP contribution in [0.5, 0.6) is 11.5 Å². The molecule has 1 saturated heterocycles. The molecule has 0 unspecified atom stereocenters. The summed E-state index contributed by atoms with van der Waals surface area (Å²) in [5.41, 5.74) is 2.57. The highest BCUT2D eigenvalue weighted by molar-refractivity contribution is 5.96. The maximum Gasteiger partial charge on any atom is 0.255 e. The summed E-state index contributed by atoms with van der Waals surface area (Å²) in [5, 5.41) is 12.8. The quantitative estimate of drug-likeness (QED) is 0.849. The molecule has 25 heavy (non-hydrogen) atoms. The van der Waals surface area contributed by atoms with Crippen molar-refractivity contribution in [1.29, 1.82) is 0 Å². The first kappa shape index (κ1) is 17.3. The van der Waals surface area contributed by atoms with Gasteiger partial charge >= 0.3 is 0 Å². The van der Waals surface area contributed by atoms with E-state index in [-0.39, 0.29) is 17.2 Å². The molecule has 1 fully saturated rings. The van der Waals surface area contributed by atoms with Crippen molar-refractivity contribution in [2.24, 2.45) is 0 Å². The maximum absolute atomic E-state index is 12.2. The molecule has 0 bridgehead atoms. The fourth-order valence-corrected chi connectivity index (χ4v) is 3.07. The van der Waals surface area contributed by atoms with Crippen molar-refractivity contribution in [1.82, 2.24) is 10.2 Å². The monoisotopic (exact) mass is 340 g/mol. The number of phenols is 1. The van der Waals surface area contributed by atoms with Crippen LogP contribution in [0.25, 0.3) is 0 Å². The highest BCUT2D eigenvalue weighted by atomic mass is 16.5. The van der Waals surface area contributed by atoms with Gasteiger partial charge in [0.05, 0.1) is 12.7 Å². The molecule has 1 amide bonds. The molecular weight excluding hydrogens is 316 g/mol. The minimum atomic E-state index is -0.304. The Hall–Kier alpha value is -2.53. The van der Waals surface area contributed by atoms with E-state index < -0.39 is 0 Å². The van der Waals surface area contributed by atoms with Crippen LogP contribution in [0.1, 0.15) is 34.3 Å². The third-order valence-corrected chi connectivity index (χ3v) is 4.53. The molecule has 0 spiro atoms. The van der Waals surface area contributed by atoms with E-state index in [9.17, 15) is 9.90 Å². The summed E-state index contributed by atoms with van der Waals surface area (Å²) < 4.78 is 5.02. The van der Waals surface area contributed by atoms with Gasteiger partial charge in [0, 0.05) is 19.2 Å². The van der Waals surface area contributed by atoms with Crippen molar-refractivity contribution in [3.63, 3.8) is 0 Å². The Morgan fingerprint density at radius 3 is 2.44 bits per heavy atom. The molecule has 1 heterocycles. The lowest BCUT2D eigenvalue weighted by atomic mass is 10.1. The number of aromatic hydroxyl groups is 1. The number of phenolic OH excluding ortho intramolecular Hbond substituents is 1. The van der Waals surface area contributed by atoms with Crippen LogP contribution in [0.3, 0.4) is 0 Å². The molecule has 0 aliphatic carbocycles. The second-order valence-corrected chi connectivity index (χ2v) is 6.37. The Labute approximate surface area is 148 Å². The van der Waals surface area contributed by atoms with Crippen molar-refractivity contribution < 1.29 is 14.6 Å². The van der Waals surface area contributed by atoms with Crippen LogP contribution in [0.2, 0.25) is 0 Å². The van der Waals surface area contributed by atoms with Crippen LogP contribution in [0.15, 0.2) is 42.5 Å². The van der Waals surface area contributed by atoms with Crippen LogP contribution >= 0.6 is 0 Å². The van der Waals surface area contributed by atoms with Crippen LogP contribution < -0.4 is 10.1 Å². The molecule has 0 saturated carbocycles. The molecule has 2 aromatic rings. The van der Waals surface area contributed by atoms with Gasteiger partial charge in [-0.3, -0.25) is 9.69 Å². The van der Waals surface area contributed by atoms with E-state index in [2.05, 4.69) is 22.3 Å². The largest absolute Gasteiger partial charge is 0.507 e. The normalized spacial score (nSPS) is 14.4. The Bertz CT molecular complexity index is 722. The molecule has 5 nitrogen and oxygen atoms in total. The molecule has 2 N–H and O–H groups in total. The van der Waals surface area contributed by atoms with E-state index in [4.69, 9.17) is 4.74 Å². The predicted octanol–water partition coefficient (Wildman–Crippen LogP) is 2.93. The summed E-state index contributed by atoms with van der Waals surface area (Å²) in [6.45, 7) is 3.78. The number of rotatable bonds is 6. The highest BCUT2D eigenvalue weighted by Crippen LogP contribution is 2.23. The lowest BCUT2D eigenvalue weighted by Crippen LogP contribution is -2.23. The Morgan fingerprint density at radius 2 is 1.80 bits per heavy atom. The van der Waals surface area contributed by atoms with E-state index in [1.54, 1.807) is 12.1 Å². The summed E-state index contributed by atoms with van der Waals surface area (Å²) in [7, 11) is 1.52. The predicted molar refractivity (Wildman–Crippen MR) is 96.8 cm³/mol. The smallest absolute Gasteiger partial charge is 0.255 e. The summed E-state index contributed by atoms with van der Waals surface area (Å²) in [4.78, 5) is 14.7. The van der Waals surface area contributed by atoms with E-state index in [1.165, 1.54) is 44.7 Å². The van der Waals surface area contributed by atoms with Gasteiger partial charge < -0.3 is 15.2 Å². The number of benzene rings is 2. The standard InChI is InChI=1S/C20H24N2O3/c1-25-17-8-9-18(19(23)12-17)20(24)21-13-15-4-6-16(7-5-15)14-22-10-2-3-11-22/h4-9,12,23H,2-3,10-11,13-14H2,1H3,(H,21,24). The first-order valence-corrected chi connectivity index (χ1v) is 8.61. The summed E-state index contributed by atoms with van der Waals surface area (Å²) in [5.74, 6) is 0.127. The first-order chi connectivity index (χ1) is 12.2. The summed E-state index contributed by atoms with van der Waals surface area (Å²) in [6, 6.07) is 13.0. The zero-order chi connectivity index (χ0) is 17.6. The SMILES string of the molecule is COc1ccc(C(=O)NCc2ccc(CN3CCCC3)cc2)c(O)c1. The van der Waals surface area contributed by atoms with Crippen molar-refractivity contribution in [3.8, 4) is 11.5 Å². The molecule has 132 valence electrons. The Morgan fingerprint density at radius 1 is 1.12 bits per heavy atom. The van der Waals surface area contributed by atoms with Gasteiger partial charge in [0.2, 0.25) is 0 Å². The Kier molecular flexibility index (Phi) is 5.56. The van der Waals surface area contributed by atoms with E-state index in [0.717, 1.165) is 12.1 Å². The highest BCUT2D eigenvalue weighted by Gasteiger charge is 2.13. The molecule has 3 rings (SSSR count). The number of amides is 1. The minimum absolute atomic E-state index is 0.0854. The van der Waals surface area contributed by atoms with Crippen molar-refractivity contribution in [2.75, 3.05) is 20.2 Å². The zero-order valence-corrected chi connectivity index (χ0v) is 14.5. The van der Waals surface area contributed by atoms with Crippen LogP contribution in [-0.4, -0.2) is 36.1 Å². The van der Waals surface area contributed by atoms with Crippen molar-refractivity contribution in [2.45, 2.75) is 25.9 Å².